The molecule has 104 valence electrons. The maximum absolute atomic E-state index is 12.2. The Balaban J connectivity index is 2.19. The van der Waals surface area contributed by atoms with E-state index in [9.17, 15) is 4.79 Å². The molecule has 4 heteroatoms. The van der Waals surface area contributed by atoms with E-state index in [1.54, 1.807) is 50.6 Å². The first-order valence-electron chi connectivity index (χ1n) is 6.13. The zero-order chi connectivity index (χ0) is 14.5. The third-order valence-electron chi connectivity index (χ3n) is 2.96. The molecule has 0 amide bonds. The van der Waals surface area contributed by atoms with E-state index in [1.807, 2.05) is 6.07 Å². The Morgan fingerprint density at radius 3 is 2.45 bits per heavy atom. The first kappa shape index (κ1) is 14.4. The lowest BCUT2D eigenvalue weighted by Gasteiger charge is -2.09. The van der Waals surface area contributed by atoms with Crippen LogP contribution < -0.4 is 9.47 Å². The predicted molar refractivity (Wildman–Crippen MR) is 79.0 cm³/mol. The highest BCUT2D eigenvalue weighted by molar-refractivity contribution is 6.31. The summed E-state index contributed by atoms with van der Waals surface area (Å²) in [5.41, 5.74) is 1.47. The van der Waals surface area contributed by atoms with Gasteiger partial charge in [-0.25, -0.2) is 0 Å². The standard InChI is InChI=1S/C16H15ClO3/c1-19-15-7-6-11(9-16(15)20-2)8-14(18)12-4-3-5-13(17)10-12/h3-7,9-10H,8H2,1-2H3. The van der Waals surface area contributed by atoms with E-state index < -0.39 is 0 Å². The summed E-state index contributed by atoms with van der Waals surface area (Å²) < 4.78 is 10.4. The lowest BCUT2D eigenvalue weighted by Crippen LogP contribution is -2.04. The van der Waals surface area contributed by atoms with E-state index in [-0.39, 0.29) is 5.78 Å². The topological polar surface area (TPSA) is 35.5 Å². The molecule has 0 radical (unpaired) electrons. The minimum absolute atomic E-state index is 0.0136. The molecular formula is C16H15ClO3. The van der Waals surface area contributed by atoms with Crippen molar-refractivity contribution in [3.8, 4) is 11.5 Å². The van der Waals surface area contributed by atoms with Crippen LogP contribution in [0.4, 0.5) is 0 Å². The molecule has 0 aliphatic carbocycles. The third kappa shape index (κ3) is 3.31. The molecule has 0 bridgehead atoms. The predicted octanol–water partition coefficient (Wildman–Crippen LogP) is 3.78. The molecule has 0 spiro atoms. The van der Waals surface area contributed by atoms with Crippen LogP contribution in [-0.2, 0) is 6.42 Å². The molecule has 2 aromatic carbocycles. The summed E-state index contributed by atoms with van der Waals surface area (Å²) in [6.45, 7) is 0. The number of Topliss-reactive ketones (excluding diaryl/α,β-unsaturated/α-hetero) is 1. The summed E-state index contributed by atoms with van der Waals surface area (Å²) in [4.78, 5) is 12.2. The van der Waals surface area contributed by atoms with Crippen LogP contribution in [0.3, 0.4) is 0 Å². The number of halogens is 1. The number of benzene rings is 2. The second-order valence-electron chi connectivity index (χ2n) is 4.30. The van der Waals surface area contributed by atoms with Crippen LogP contribution >= 0.6 is 11.6 Å². The van der Waals surface area contributed by atoms with E-state index in [1.165, 1.54) is 0 Å². The van der Waals surface area contributed by atoms with E-state index in [0.717, 1.165) is 5.56 Å². The maximum atomic E-state index is 12.2. The number of carbonyl (C=O) groups is 1. The van der Waals surface area contributed by atoms with Crippen molar-refractivity contribution >= 4 is 17.4 Å². The van der Waals surface area contributed by atoms with Gasteiger partial charge in [0.15, 0.2) is 17.3 Å². The minimum atomic E-state index is 0.0136. The number of methoxy groups -OCH3 is 2. The van der Waals surface area contributed by atoms with Crippen LogP contribution in [0, 0.1) is 0 Å². The van der Waals surface area contributed by atoms with Crippen LogP contribution in [0.1, 0.15) is 15.9 Å². The normalized spacial score (nSPS) is 10.2. The van der Waals surface area contributed by atoms with Gasteiger partial charge in [-0.3, -0.25) is 4.79 Å². The Labute approximate surface area is 123 Å². The summed E-state index contributed by atoms with van der Waals surface area (Å²) >= 11 is 5.89. The lowest BCUT2D eigenvalue weighted by atomic mass is 10.0. The van der Waals surface area contributed by atoms with Crippen LogP contribution in [-0.4, -0.2) is 20.0 Å². The van der Waals surface area contributed by atoms with Crippen molar-refractivity contribution < 1.29 is 14.3 Å². The SMILES string of the molecule is COc1ccc(CC(=O)c2cccc(Cl)c2)cc1OC. The number of hydrogen-bond acceptors (Lipinski definition) is 3. The van der Waals surface area contributed by atoms with Gasteiger partial charge in [0.25, 0.3) is 0 Å². The fourth-order valence-electron chi connectivity index (χ4n) is 1.94. The van der Waals surface area contributed by atoms with Crippen molar-refractivity contribution in [2.24, 2.45) is 0 Å². The van der Waals surface area contributed by atoms with Gasteiger partial charge in [0.05, 0.1) is 14.2 Å². The van der Waals surface area contributed by atoms with Gasteiger partial charge in [0, 0.05) is 17.0 Å². The van der Waals surface area contributed by atoms with Gasteiger partial charge in [-0.15, -0.1) is 0 Å². The molecule has 0 fully saturated rings. The number of rotatable bonds is 5. The van der Waals surface area contributed by atoms with Crippen molar-refractivity contribution in [2.75, 3.05) is 14.2 Å². The molecule has 0 saturated heterocycles. The molecule has 0 atom stereocenters. The summed E-state index contributed by atoms with van der Waals surface area (Å²) in [5, 5.41) is 0.558. The van der Waals surface area contributed by atoms with E-state index in [2.05, 4.69) is 0 Å². The van der Waals surface area contributed by atoms with Gasteiger partial charge in [-0.2, -0.15) is 0 Å². The Kier molecular flexibility index (Phi) is 4.64. The first-order valence-corrected chi connectivity index (χ1v) is 6.51. The molecule has 3 nitrogen and oxygen atoms in total. The molecule has 0 aliphatic rings. The number of ether oxygens (including phenoxy) is 2. The number of ketones is 1. The molecule has 0 heterocycles. The van der Waals surface area contributed by atoms with Crippen LogP contribution in [0.5, 0.6) is 11.5 Å². The van der Waals surface area contributed by atoms with Crippen LogP contribution in [0.2, 0.25) is 5.02 Å². The van der Waals surface area contributed by atoms with Crippen LogP contribution in [0.25, 0.3) is 0 Å². The van der Waals surface area contributed by atoms with Crippen molar-refractivity contribution in [3.63, 3.8) is 0 Å². The van der Waals surface area contributed by atoms with Crippen molar-refractivity contribution in [2.45, 2.75) is 6.42 Å². The average Bonchev–Trinajstić information content (AvgIpc) is 2.47. The molecule has 0 aromatic heterocycles. The second-order valence-corrected chi connectivity index (χ2v) is 4.74. The third-order valence-corrected chi connectivity index (χ3v) is 3.19. The first-order chi connectivity index (χ1) is 9.63. The van der Waals surface area contributed by atoms with Gasteiger partial charge in [0.1, 0.15) is 0 Å². The van der Waals surface area contributed by atoms with Gasteiger partial charge in [-0.05, 0) is 29.8 Å². The molecule has 2 aromatic rings. The smallest absolute Gasteiger partial charge is 0.167 e. The van der Waals surface area contributed by atoms with Gasteiger partial charge in [-0.1, -0.05) is 29.8 Å². The maximum Gasteiger partial charge on any atom is 0.167 e. The fraction of sp³-hybridized carbons (Fsp3) is 0.188. The zero-order valence-corrected chi connectivity index (χ0v) is 12.1. The summed E-state index contributed by atoms with van der Waals surface area (Å²) in [6, 6.07) is 12.4. The molecule has 2 rings (SSSR count). The van der Waals surface area contributed by atoms with Crippen molar-refractivity contribution in [1.29, 1.82) is 0 Å². The minimum Gasteiger partial charge on any atom is -0.493 e. The highest BCUT2D eigenvalue weighted by atomic mass is 35.5. The van der Waals surface area contributed by atoms with E-state index in [0.29, 0.717) is 28.5 Å². The molecule has 0 unspecified atom stereocenters. The van der Waals surface area contributed by atoms with Crippen LogP contribution in [0.15, 0.2) is 42.5 Å². The lowest BCUT2D eigenvalue weighted by molar-refractivity contribution is 0.0993. The highest BCUT2D eigenvalue weighted by Gasteiger charge is 2.10. The fourth-order valence-corrected chi connectivity index (χ4v) is 2.13. The van der Waals surface area contributed by atoms with Gasteiger partial charge >= 0.3 is 0 Å². The van der Waals surface area contributed by atoms with Gasteiger partial charge in [0.2, 0.25) is 0 Å². The Morgan fingerprint density at radius 2 is 1.80 bits per heavy atom. The Bertz CT molecular complexity index is 623. The molecule has 20 heavy (non-hydrogen) atoms. The van der Waals surface area contributed by atoms with E-state index >= 15 is 0 Å². The molecule has 0 aliphatic heterocycles. The Hall–Kier alpha value is -2.00. The summed E-state index contributed by atoms with van der Waals surface area (Å²) in [5.74, 6) is 1.27. The summed E-state index contributed by atoms with van der Waals surface area (Å²) in [7, 11) is 3.15. The van der Waals surface area contributed by atoms with Crippen molar-refractivity contribution in [3.05, 3.63) is 58.6 Å². The van der Waals surface area contributed by atoms with E-state index in [4.69, 9.17) is 21.1 Å². The van der Waals surface area contributed by atoms with Crippen molar-refractivity contribution in [1.82, 2.24) is 0 Å². The zero-order valence-electron chi connectivity index (χ0n) is 11.4. The number of hydrogen-bond donors (Lipinski definition) is 0. The molecule has 0 saturated carbocycles. The Morgan fingerprint density at radius 1 is 1.05 bits per heavy atom. The molecular weight excluding hydrogens is 276 g/mol. The second kappa shape index (κ2) is 6.44. The average molecular weight is 291 g/mol. The molecule has 0 N–H and O–H groups in total. The number of carbonyl (C=O) groups excluding carboxylic acids is 1. The quantitative estimate of drug-likeness (QED) is 0.786. The highest BCUT2D eigenvalue weighted by Crippen LogP contribution is 2.28. The summed E-state index contributed by atoms with van der Waals surface area (Å²) in [6.07, 6.45) is 0.292. The monoisotopic (exact) mass is 290 g/mol. The van der Waals surface area contributed by atoms with Gasteiger partial charge < -0.3 is 9.47 Å². The largest absolute Gasteiger partial charge is 0.493 e.